The van der Waals surface area contributed by atoms with E-state index in [1.165, 1.54) is 11.8 Å². The molecule has 2 amide bonds. The van der Waals surface area contributed by atoms with E-state index in [1.807, 2.05) is 6.92 Å². The summed E-state index contributed by atoms with van der Waals surface area (Å²) in [5, 5.41) is 21.0. The minimum atomic E-state index is -1.29. The van der Waals surface area contributed by atoms with Crippen molar-refractivity contribution in [3.8, 4) is 0 Å². The molecule has 1 aliphatic heterocycles. The van der Waals surface area contributed by atoms with Crippen LogP contribution in [0.2, 0.25) is 0 Å². The van der Waals surface area contributed by atoms with Gasteiger partial charge in [0.15, 0.2) is 0 Å². The highest BCUT2D eigenvalue weighted by Crippen LogP contribution is 2.15. The van der Waals surface area contributed by atoms with Gasteiger partial charge in [-0.2, -0.15) is 0 Å². The molecule has 0 aliphatic carbocycles. The lowest BCUT2D eigenvalue weighted by Gasteiger charge is -2.37. The minimum Gasteiger partial charge on any atom is -0.480 e. The molecular weight excluding hydrogens is 252 g/mol. The lowest BCUT2D eigenvalue weighted by molar-refractivity contribution is -0.144. The Hall–Kier alpha value is -1.34. The summed E-state index contributed by atoms with van der Waals surface area (Å²) in [5.41, 5.74) is -1.29. The summed E-state index contributed by atoms with van der Waals surface area (Å²) < 4.78 is 5.18. The van der Waals surface area contributed by atoms with E-state index in [1.54, 1.807) is 0 Å². The first-order valence-electron chi connectivity index (χ1n) is 6.45. The molecule has 1 rings (SSSR count). The van der Waals surface area contributed by atoms with Gasteiger partial charge in [-0.15, -0.1) is 0 Å². The number of amides is 2. The van der Waals surface area contributed by atoms with E-state index in [4.69, 9.17) is 4.74 Å². The Bertz CT molecular complexity index is 336. The van der Waals surface area contributed by atoms with Crippen LogP contribution in [0, 0.1) is 0 Å². The second kappa shape index (κ2) is 6.72. The van der Waals surface area contributed by atoms with Crippen LogP contribution in [-0.2, 0) is 9.53 Å². The molecule has 0 bridgehead atoms. The Labute approximate surface area is 112 Å². The van der Waals surface area contributed by atoms with Gasteiger partial charge in [0.1, 0.15) is 5.54 Å². The zero-order valence-electron chi connectivity index (χ0n) is 11.4. The van der Waals surface area contributed by atoms with Gasteiger partial charge < -0.3 is 25.2 Å². The molecular formula is C12H22N2O5. The van der Waals surface area contributed by atoms with Gasteiger partial charge in [0, 0.05) is 6.54 Å². The molecule has 2 unspecified atom stereocenters. The van der Waals surface area contributed by atoms with Crippen molar-refractivity contribution in [1.82, 2.24) is 10.2 Å². The number of aliphatic hydroxyl groups is 1. The normalized spacial score (nSPS) is 22.7. The van der Waals surface area contributed by atoms with Crippen molar-refractivity contribution >= 4 is 12.0 Å². The number of nitrogens with one attached hydrogen (secondary N) is 1. The third kappa shape index (κ3) is 3.81. The van der Waals surface area contributed by atoms with Crippen LogP contribution in [-0.4, -0.2) is 65.1 Å². The highest BCUT2D eigenvalue weighted by molar-refractivity contribution is 5.86. The molecule has 0 saturated carbocycles. The Balaban J connectivity index is 2.73. The number of morpholine rings is 1. The number of carboxylic acids is 1. The quantitative estimate of drug-likeness (QED) is 0.657. The number of aliphatic hydroxyl groups excluding tert-OH is 1. The second-order valence-electron chi connectivity index (χ2n) is 4.92. The highest BCUT2D eigenvalue weighted by atomic mass is 16.5. The maximum atomic E-state index is 12.1. The van der Waals surface area contributed by atoms with Crippen molar-refractivity contribution in [3.63, 3.8) is 0 Å². The predicted octanol–water partition coefficient (Wildman–Crippen LogP) is 0.0325. The van der Waals surface area contributed by atoms with Gasteiger partial charge in [-0.1, -0.05) is 13.3 Å². The van der Waals surface area contributed by atoms with Gasteiger partial charge in [0.25, 0.3) is 0 Å². The first-order valence-corrected chi connectivity index (χ1v) is 6.45. The molecule has 19 heavy (non-hydrogen) atoms. The van der Waals surface area contributed by atoms with Gasteiger partial charge >= 0.3 is 12.0 Å². The molecule has 2 atom stereocenters. The number of nitrogens with zero attached hydrogens (tertiary/aromatic N) is 1. The van der Waals surface area contributed by atoms with Gasteiger partial charge in [-0.05, 0) is 13.3 Å². The van der Waals surface area contributed by atoms with Gasteiger partial charge in [0.05, 0.1) is 25.9 Å². The molecule has 0 aromatic heterocycles. The van der Waals surface area contributed by atoms with Crippen molar-refractivity contribution in [2.45, 2.75) is 38.3 Å². The first-order chi connectivity index (χ1) is 8.94. The summed E-state index contributed by atoms with van der Waals surface area (Å²) in [6.45, 7) is 4.15. The largest absolute Gasteiger partial charge is 0.480 e. The van der Waals surface area contributed by atoms with Gasteiger partial charge in [-0.3, -0.25) is 0 Å². The first kappa shape index (κ1) is 15.7. The summed E-state index contributed by atoms with van der Waals surface area (Å²) in [6.07, 6.45) is 0.998. The third-order valence-corrected chi connectivity index (χ3v) is 3.30. The molecule has 7 nitrogen and oxygen atoms in total. The fraction of sp³-hybridized carbons (Fsp3) is 0.833. The summed E-state index contributed by atoms with van der Waals surface area (Å²) in [7, 11) is 0. The second-order valence-corrected chi connectivity index (χ2v) is 4.92. The Kier molecular flexibility index (Phi) is 5.56. The Morgan fingerprint density at radius 2 is 2.21 bits per heavy atom. The van der Waals surface area contributed by atoms with Crippen LogP contribution in [0.25, 0.3) is 0 Å². The van der Waals surface area contributed by atoms with E-state index in [2.05, 4.69) is 5.32 Å². The number of aliphatic carboxylic acids is 1. The number of carbonyl (C=O) groups is 2. The van der Waals surface area contributed by atoms with Crippen LogP contribution in [0.4, 0.5) is 4.79 Å². The lowest BCUT2D eigenvalue weighted by Crippen LogP contribution is -2.60. The van der Waals surface area contributed by atoms with Crippen LogP contribution in [0.15, 0.2) is 0 Å². The zero-order chi connectivity index (χ0) is 14.5. The fourth-order valence-electron chi connectivity index (χ4n) is 2.10. The van der Waals surface area contributed by atoms with Crippen molar-refractivity contribution in [2.24, 2.45) is 0 Å². The van der Waals surface area contributed by atoms with E-state index >= 15 is 0 Å². The molecule has 1 heterocycles. The molecule has 110 valence electrons. The minimum absolute atomic E-state index is 0.203. The van der Waals surface area contributed by atoms with E-state index < -0.39 is 23.6 Å². The molecule has 0 radical (unpaired) electrons. The summed E-state index contributed by atoms with van der Waals surface area (Å²) in [4.78, 5) is 24.9. The topological polar surface area (TPSA) is 99.1 Å². The van der Waals surface area contributed by atoms with Crippen molar-refractivity contribution < 1.29 is 24.5 Å². The Morgan fingerprint density at radius 1 is 1.53 bits per heavy atom. The average molecular weight is 274 g/mol. The predicted molar refractivity (Wildman–Crippen MR) is 67.9 cm³/mol. The van der Waals surface area contributed by atoms with E-state index in [-0.39, 0.29) is 13.2 Å². The van der Waals surface area contributed by atoms with E-state index in [0.717, 1.165) is 0 Å². The monoisotopic (exact) mass is 274 g/mol. The maximum Gasteiger partial charge on any atom is 0.329 e. The molecule has 1 saturated heterocycles. The summed E-state index contributed by atoms with van der Waals surface area (Å²) >= 11 is 0. The van der Waals surface area contributed by atoms with Gasteiger partial charge in [-0.25, -0.2) is 9.59 Å². The molecule has 0 spiro atoms. The van der Waals surface area contributed by atoms with Crippen LogP contribution in [0.3, 0.4) is 0 Å². The molecule has 7 heteroatoms. The van der Waals surface area contributed by atoms with Crippen LogP contribution in [0.5, 0.6) is 0 Å². The lowest BCUT2D eigenvalue weighted by atomic mass is 9.96. The third-order valence-electron chi connectivity index (χ3n) is 3.30. The molecule has 1 fully saturated rings. The average Bonchev–Trinajstić information content (AvgIpc) is 2.38. The SMILES string of the molecule is CCCC(C)(NC(=O)N1CCOCC1CO)C(=O)O. The van der Waals surface area contributed by atoms with Crippen LogP contribution < -0.4 is 5.32 Å². The Morgan fingerprint density at radius 3 is 2.74 bits per heavy atom. The van der Waals surface area contributed by atoms with Crippen molar-refractivity contribution in [1.29, 1.82) is 0 Å². The molecule has 0 aromatic rings. The number of urea groups is 1. The number of ether oxygens (including phenoxy) is 1. The molecule has 1 aliphatic rings. The maximum absolute atomic E-state index is 12.1. The van der Waals surface area contributed by atoms with E-state index in [0.29, 0.717) is 26.0 Å². The zero-order valence-corrected chi connectivity index (χ0v) is 11.4. The summed E-state index contributed by atoms with van der Waals surface area (Å²) in [5.74, 6) is -1.06. The van der Waals surface area contributed by atoms with Gasteiger partial charge in [0.2, 0.25) is 0 Å². The number of hydrogen-bond donors (Lipinski definition) is 3. The van der Waals surface area contributed by atoms with Crippen LogP contribution in [0.1, 0.15) is 26.7 Å². The van der Waals surface area contributed by atoms with Crippen molar-refractivity contribution in [3.05, 3.63) is 0 Å². The van der Waals surface area contributed by atoms with E-state index in [9.17, 15) is 19.8 Å². The summed E-state index contributed by atoms with van der Waals surface area (Å²) in [6, 6.07) is -0.894. The van der Waals surface area contributed by atoms with Crippen LogP contribution >= 0.6 is 0 Å². The molecule has 0 aromatic carbocycles. The number of carbonyl (C=O) groups excluding carboxylic acids is 1. The smallest absolute Gasteiger partial charge is 0.329 e. The fourth-order valence-corrected chi connectivity index (χ4v) is 2.10. The standard InChI is InChI=1S/C12H22N2O5/c1-3-4-12(2,10(16)17)13-11(18)14-5-6-19-8-9(14)7-15/h9,15H,3-8H2,1-2H3,(H,13,18)(H,16,17). The number of hydrogen-bond acceptors (Lipinski definition) is 4. The van der Waals surface area contributed by atoms with Crippen molar-refractivity contribution in [2.75, 3.05) is 26.4 Å². The number of carboxylic acid groups (broad SMARTS) is 1. The number of rotatable bonds is 5. The molecule has 3 N–H and O–H groups in total. The highest BCUT2D eigenvalue weighted by Gasteiger charge is 2.37.